The van der Waals surface area contributed by atoms with E-state index in [9.17, 15) is 13.2 Å². The van der Waals surface area contributed by atoms with Gasteiger partial charge >= 0.3 is 5.97 Å². The molecule has 0 aliphatic heterocycles. The zero-order chi connectivity index (χ0) is 13.8. The van der Waals surface area contributed by atoms with Gasteiger partial charge in [-0.25, -0.2) is 17.9 Å². The quantitative estimate of drug-likeness (QED) is 0.723. The molecule has 0 bridgehead atoms. The first-order valence-electron chi connectivity index (χ1n) is 5.03. The standard InChI is InChI=1S/C10H13BrN2O4S/c1-12-18(16,17)5-4-13-7-2-3-8(10(14)15)9(11)6-7/h2-3,6,12-13H,4-5H2,1H3,(H,14,15). The highest BCUT2D eigenvalue weighted by atomic mass is 79.9. The Morgan fingerprint density at radius 2 is 2.11 bits per heavy atom. The molecule has 0 radical (unpaired) electrons. The smallest absolute Gasteiger partial charge is 0.336 e. The van der Waals surface area contributed by atoms with Crippen molar-refractivity contribution in [2.24, 2.45) is 0 Å². The van der Waals surface area contributed by atoms with Crippen LogP contribution in [0.3, 0.4) is 0 Å². The molecule has 0 saturated carbocycles. The van der Waals surface area contributed by atoms with Crippen LogP contribution in [0.1, 0.15) is 10.4 Å². The van der Waals surface area contributed by atoms with Crippen molar-refractivity contribution in [2.45, 2.75) is 0 Å². The molecule has 0 amide bonds. The number of hydrogen-bond donors (Lipinski definition) is 3. The van der Waals surface area contributed by atoms with Crippen molar-refractivity contribution in [3.05, 3.63) is 28.2 Å². The van der Waals surface area contributed by atoms with Crippen LogP contribution in [0.15, 0.2) is 22.7 Å². The molecule has 1 aromatic rings. The third-order valence-corrected chi connectivity index (χ3v) is 4.23. The second-order valence-corrected chi connectivity index (χ2v) is 6.35. The van der Waals surface area contributed by atoms with Crippen molar-refractivity contribution in [1.29, 1.82) is 0 Å². The fraction of sp³-hybridized carbons (Fsp3) is 0.300. The van der Waals surface area contributed by atoms with Crippen molar-refractivity contribution in [1.82, 2.24) is 4.72 Å². The van der Waals surface area contributed by atoms with E-state index in [1.54, 1.807) is 12.1 Å². The molecule has 0 spiro atoms. The Morgan fingerprint density at radius 3 is 2.61 bits per heavy atom. The molecule has 18 heavy (non-hydrogen) atoms. The fourth-order valence-corrected chi connectivity index (χ4v) is 2.35. The average Bonchev–Trinajstić information content (AvgIpc) is 2.28. The third-order valence-electron chi connectivity index (χ3n) is 2.21. The van der Waals surface area contributed by atoms with E-state index in [4.69, 9.17) is 5.11 Å². The molecule has 100 valence electrons. The number of anilines is 1. The van der Waals surface area contributed by atoms with Crippen LogP contribution in [0.25, 0.3) is 0 Å². The van der Waals surface area contributed by atoms with Crippen molar-refractivity contribution in [3.63, 3.8) is 0 Å². The molecule has 1 aromatic carbocycles. The topological polar surface area (TPSA) is 95.5 Å². The number of nitrogens with one attached hydrogen (secondary N) is 2. The molecule has 8 heteroatoms. The number of aromatic carboxylic acids is 1. The van der Waals surface area contributed by atoms with Gasteiger partial charge < -0.3 is 10.4 Å². The molecule has 0 aromatic heterocycles. The molecule has 0 fully saturated rings. The fourth-order valence-electron chi connectivity index (χ4n) is 1.23. The summed E-state index contributed by atoms with van der Waals surface area (Å²) in [6, 6.07) is 4.62. The zero-order valence-corrected chi connectivity index (χ0v) is 12.0. The summed E-state index contributed by atoms with van der Waals surface area (Å²) in [5.74, 6) is -1.08. The van der Waals surface area contributed by atoms with Crippen LogP contribution >= 0.6 is 15.9 Å². The minimum absolute atomic E-state index is 0.0538. The molecule has 6 nitrogen and oxygen atoms in total. The van der Waals surface area contributed by atoms with Gasteiger partial charge in [0, 0.05) is 16.7 Å². The van der Waals surface area contributed by atoms with Crippen molar-refractivity contribution < 1.29 is 18.3 Å². The number of halogens is 1. The number of hydrogen-bond acceptors (Lipinski definition) is 4. The number of carboxylic acid groups (broad SMARTS) is 1. The number of carbonyl (C=O) groups is 1. The lowest BCUT2D eigenvalue weighted by Crippen LogP contribution is -2.26. The Balaban J connectivity index is 2.65. The molecular formula is C10H13BrN2O4S. The molecule has 0 aliphatic carbocycles. The van der Waals surface area contributed by atoms with E-state index >= 15 is 0 Å². The summed E-state index contributed by atoms with van der Waals surface area (Å²) < 4.78 is 25.0. The van der Waals surface area contributed by atoms with Crippen LogP contribution in [0, 0.1) is 0 Å². The highest BCUT2D eigenvalue weighted by molar-refractivity contribution is 9.10. The maximum Gasteiger partial charge on any atom is 0.336 e. The van der Waals surface area contributed by atoms with E-state index in [0.29, 0.717) is 10.2 Å². The van der Waals surface area contributed by atoms with Gasteiger partial charge in [0.15, 0.2) is 0 Å². The van der Waals surface area contributed by atoms with E-state index < -0.39 is 16.0 Å². The van der Waals surface area contributed by atoms with Crippen LogP contribution in [-0.2, 0) is 10.0 Å². The van der Waals surface area contributed by atoms with Gasteiger partial charge in [-0.15, -0.1) is 0 Å². The maximum absolute atomic E-state index is 11.2. The Morgan fingerprint density at radius 1 is 1.44 bits per heavy atom. The third kappa shape index (κ3) is 4.28. The zero-order valence-electron chi connectivity index (χ0n) is 9.60. The molecule has 3 N–H and O–H groups in total. The SMILES string of the molecule is CNS(=O)(=O)CCNc1ccc(C(=O)O)c(Br)c1. The summed E-state index contributed by atoms with van der Waals surface area (Å²) in [4.78, 5) is 10.8. The van der Waals surface area contributed by atoms with Gasteiger partial charge in [-0.05, 0) is 41.2 Å². The first-order valence-corrected chi connectivity index (χ1v) is 7.48. The molecule has 0 saturated heterocycles. The van der Waals surface area contributed by atoms with Gasteiger partial charge in [-0.1, -0.05) is 0 Å². The Hall–Kier alpha value is -1.12. The summed E-state index contributed by atoms with van der Waals surface area (Å²) in [6.07, 6.45) is 0. The number of sulfonamides is 1. The maximum atomic E-state index is 11.2. The summed E-state index contributed by atoms with van der Waals surface area (Å²) in [7, 11) is -1.88. The first kappa shape index (κ1) is 14.9. The largest absolute Gasteiger partial charge is 0.478 e. The van der Waals surface area contributed by atoms with Gasteiger partial charge in [0.05, 0.1) is 11.3 Å². The predicted molar refractivity (Wildman–Crippen MR) is 72.4 cm³/mol. The molecule has 0 aliphatic rings. The number of rotatable bonds is 6. The highest BCUT2D eigenvalue weighted by Gasteiger charge is 2.09. The van der Waals surface area contributed by atoms with Crippen LogP contribution in [0.2, 0.25) is 0 Å². The van der Waals surface area contributed by atoms with E-state index in [1.165, 1.54) is 13.1 Å². The van der Waals surface area contributed by atoms with Crippen LogP contribution < -0.4 is 10.0 Å². The summed E-state index contributed by atoms with van der Waals surface area (Å²) >= 11 is 3.14. The lowest BCUT2D eigenvalue weighted by atomic mass is 10.2. The van der Waals surface area contributed by atoms with E-state index in [2.05, 4.69) is 26.0 Å². The van der Waals surface area contributed by atoms with Crippen molar-refractivity contribution >= 4 is 37.6 Å². The Bertz CT molecular complexity index is 545. The summed E-state index contributed by atoms with van der Waals surface area (Å²) in [6.45, 7) is 0.238. The lowest BCUT2D eigenvalue weighted by molar-refractivity contribution is 0.0696. The number of benzene rings is 1. The van der Waals surface area contributed by atoms with Gasteiger partial charge in [0.25, 0.3) is 0 Å². The average molecular weight is 337 g/mol. The number of carboxylic acids is 1. The van der Waals surface area contributed by atoms with Gasteiger partial charge in [-0.2, -0.15) is 0 Å². The van der Waals surface area contributed by atoms with Gasteiger partial charge in [0.1, 0.15) is 0 Å². The molecule has 1 rings (SSSR count). The van der Waals surface area contributed by atoms with Crippen molar-refractivity contribution in [2.75, 3.05) is 24.7 Å². The lowest BCUT2D eigenvalue weighted by Gasteiger charge is -2.08. The minimum Gasteiger partial charge on any atom is -0.478 e. The molecule has 0 atom stereocenters. The summed E-state index contributed by atoms with van der Waals surface area (Å²) in [5.41, 5.74) is 0.807. The van der Waals surface area contributed by atoms with Crippen molar-refractivity contribution in [3.8, 4) is 0 Å². The van der Waals surface area contributed by atoms with Gasteiger partial charge in [0.2, 0.25) is 10.0 Å². The Labute approximate surface area is 114 Å². The summed E-state index contributed by atoms with van der Waals surface area (Å²) in [5, 5.41) is 11.7. The predicted octanol–water partition coefficient (Wildman–Crippen LogP) is 1.11. The minimum atomic E-state index is -3.24. The first-order chi connectivity index (χ1) is 8.35. The van der Waals surface area contributed by atoms with Crippen LogP contribution in [0.5, 0.6) is 0 Å². The molecular weight excluding hydrogens is 324 g/mol. The molecule has 0 heterocycles. The van der Waals surface area contributed by atoms with Crippen LogP contribution in [-0.4, -0.2) is 38.8 Å². The normalized spacial score (nSPS) is 11.2. The van der Waals surface area contributed by atoms with Gasteiger partial charge in [-0.3, -0.25) is 0 Å². The Kier molecular flexibility index (Phi) is 5.12. The van der Waals surface area contributed by atoms with E-state index in [0.717, 1.165) is 0 Å². The molecule has 0 unspecified atom stereocenters. The second-order valence-electron chi connectivity index (χ2n) is 3.45. The van der Waals surface area contributed by atoms with E-state index in [1.807, 2.05) is 0 Å². The monoisotopic (exact) mass is 336 g/mol. The van der Waals surface area contributed by atoms with E-state index in [-0.39, 0.29) is 17.9 Å². The van der Waals surface area contributed by atoms with Crippen LogP contribution in [0.4, 0.5) is 5.69 Å². The highest BCUT2D eigenvalue weighted by Crippen LogP contribution is 2.21. The second kappa shape index (κ2) is 6.17.